The van der Waals surface area contributed by atoms with E-state index in [0.29, 0.717) is 13.0 Å². The predicted octanol–water partition coefficient (Wildman–Crippen LogP) is 1.61. The lowest BCUT2D eigenvalue weighted by atomic mass is 9.79. The second kappa shape index (κ2) is 5.44. The highest BCUT2D eigenvalue weighted by Crippen LogP contribution is 2.37. The lowest BCUT2D eigenvalue weighted by Gasteiger charge is -2.30. The van der Waals surface area contributed by atoms with Gasteiger partial charge in [-0.25, -0.2) is 4.79 Å². The van der Waals surface area contributed by atoms with E-state index in [-0.39, 0.29) is 17.2 Å². The van der Waals surface area contributed by atoms with E-state index in [0.717, 1.165) is 24.0 Å². The number of aromatic nitrogens is 2. The van der Waals surface area contributed by atoms with Crippen molar-refractivity contribution in [1.82, 2.24) is 9.13 Å². The highest BCUT2D eigenvalue weighted by atomic mass is 16.7. The molecule has 1 saturated heterocycles. The van der Waals surface area contributed by atoms with Crippen LogP contribution >= 0.6 is 0 Å². The van der Waals surface area contributed by atoms with Gasteiger partial charge in [0.15, 0.2) is 6.29 Å². The summed E-state index contributed by atoms with van der Waals surface area (Å²) in [4.78, 5) is 12.9. The molecule has 4 rings (SSSR count). The number of aliphatic hydroxyl groups is 1. The van der Waals surface area contributed by atoms with Crippen LogP contribution in [0.3, 0.4) is 0 Å². The molecule has 6 nitrogen and oxygen atoms in total. The van der Waals surface area contributed by atoms with E-state index in [1.807, 2.05) is 16.7 Å². The number of para-hydroxylation sites is 1. The average molecular weight is 332 g/mol. The van der Waals surface area contributed by atoms with Gasteiger partial charge in [-0.2, -0.15) is 0 Å². The maximum Gasteiger partial charge on any atom is 0.329 e. The maximum atomic E-state index is 12.9. The second-order valence-electron chi connectivity index (χ2n) is 7.52. The molecule has 3 atom stereocenters. The monoisotopic (exact) mass is 332 g/mol. The molecule has 2 aliphatic heterocycles. The Balaban J connectivity index is 1.77. The Morgan fingerprint density at radius 1 is 1.42 bits per heavy atom. The molecule has 2 aromatic rings. The summed E-state index contributed by atoms with van der Waals surface area (Å²) in [5.74, 6) is 0. The van der Waals surface area contributed by atoms with Gasteiger partial charge in [-0.1, -0.05) is 26.0 Å². The Morgan fingerprint density at radius 3 is 2.92 bits per heavy atom. The number of hydrogen-bond acceptors (Lipinski definition) is 4. The summed E-state index contributed by atoms with van der Waals surface area (Å²) in [7, 11) is 1.52. The number of imidazole rings is 1. The molecule has 0 saturated carbocycles. The standard InChI is InChI=1S/C18H24N2O4/c1-18(2)7-8-19-15-12(18)5-4-6-13(15)20(17(19)22)10-11-9-14(21)16(23-3)24-11/h4-6,11,14,16,21H,7-10H2,1-3H3/t11-,14+,16?/m0/s1. The van der Waals surface area contributed by atoms with Gasteiger partial charge in [0.25, 0.3) is 0 Å². The number of aliphatic hydroxyl groups excluding tert-OH is 1. The van der Waals surface area contributed by atoms with Crippen LogP contribution in [-0.2, 0) is 28.0 Å². The number of ether oxygens (including phenoxy) is 2. The van der Waals surface area contributed by atoms with E-state index in [2.05, 4.69) is 19.9 Å². The van der Waals surface area contributed by atoms with E-state index >= 15 is 0 Å². The van der Waals surface area contributed by atoms with Crippen LogP contribution in [0.1, 0.15) is 32.3 Å². The van der Waals surface area contributed by atoms with E-state index < -0.39 is 12.4 Å². The molecule has 3 heterocycles. The fraction of sp³-hybridized carbons (Fsp3) is 0.611. The normalized spacial score (nSPS) is 28.6. The molecule has 0 amide bonds. The third-order valence-electron chi connectivity index (χ3n) is 5.49. The molecule has 1 unspecified atom stereocenters. The molecule has 6 heteroatoms. The van der Waals surface area contributed by atoms with Crippen molar-refractivity contribution in [2.75, 3.05) is 7.11 Å². The summed E-state index contributed by atoms with van der Waals surface area (Å²) in [5.41, 5.74) is 3.29. The van der Waals surface area contributed by atoms with Crippen LogP contribution in [0.4, 0.5) is 0 Å². The van der Waals surface area contributed by atoms with E-state index in [1.165, 1.54) is 12.7 Å². The summed E-state index contributed by atoms with van der Waals surface area (Å²) >= 11 is 0. The molecule has 1 N–H and O–H groups in total. The van der Waals surface area contributed by atoms with Crippen LogP contribution in [-0.4, -0.2) is 39.8 Å². The van der Waals surface area contributed by atoms with Gasteiger partial charge in [0.2, 0.25) is 0 Å². The molecule has 2 aliphatic rings. The minimum absolute atomic E-state index is 0.00640. The van der Waals surface area contributed by atoms with Crippen LogP contribution < -0.4 is 5.69 Å². The third kappa shape index (κ3) is 2.24. The first-order valence-electron chi connectivity index (χ1n) is 8.51. The minimum Gasteiger partial charge on any atom is -0.388 e. The van der Waals surface area contributed by atoms with Gasteiger partial charge in [-0.15, -0.1) is 0 Å². The summed E-state index contributed by atoms with van der Waals surface area (Å²) < 4.78 is 14.5. The van der Waals surface area contributed by atoms with Crippen molar-refractivity contribution >= 4 is 11.0 Å². The average Bonchev–Trinajstić information content (AvgIpc) is 3.03. The Hall–Kier alpha value is -1.63. The van der Waals surface area contributed by atoms with Gasteiger partial charge in [0.1, 0.15) is 6.10 Å². The summed E-state index contributed by atoms with van der Waals surface area (Å²) in [5, 5.41) is 9.95. The van der Waals surface area contributed by atoms with Gasteiger partial charge >= 0.3 is 5.69 Å². The Morgan fingerprint density at radius 2 is 2.21 bits per heavy atom. The topological polar surface area (TPSA) is 65.6 Å². The first kappa shape index (κ1) is 15.9. The number of benzene rings is 1. The van der Waals surface area contributed by atoms with Gasteiger partial charge in [0, 0.05) is 20.1 Å². The second-order valence-corrected chi connectivity index (χ2v) is 7.52. The van der Waals surface area contributed by atoms with Crippen molar-refractivity contribution in [3.05, 3.63) is 34.2 Å². The van der Waals surface area contributed by atoms with Gasteiger partial charge in [-0.05, 0) is 23.5 Å². The Kier molecular flexibility index (Phi) is 3.60. The van der Waals surface area contributed by atoms with Gasteiger partial charge in [0.05, 0.1) is 23.7 Å². The highest BCUT2D eigenvalue weighted by molar-refractivity contribution is 5.81. The molecule has 0 bridgehead atoms. The van der Waals surface area contributed by atoms with Crippen LogP contribution in [0.25, 0.3) is 11.0 Å². The van der Waals surface area contributed by atoms with E-state index in [4.69, 9.17) is 9.47 Å². The number of aryl methyl sites for hydroxylation is 1. The molecule has 1 aromatic heterocycles. The largest absolute Gasteiger partial charge is 0.388 e. The van der Waals surface area contributed by atoms with Crippen molar-refractivity contribution in [1.29, 1.82) is 0 Å². The molecule has 1 aromatic carbocycles. The molecule has 130 valence electrons. The molecule has 24 heavy (non-hydrogen) atoms. The van der Waals surface area contributed by atoms with Crippen molar-refractivity contribution in [2.24, 2.45) is 0 Å². The maximum absolute atomic E-state index is 12.9. The summed E-state index contributed by atoms with van der Waals surface area (Å²) in [6, 6.07) is 6.14. The molecule has 1 fully saturated rings. The van der Waals surface area contributed by atoms with Gasteiger partial charge in [-0.3, -0.25) is 9.13 Å². The quantitative estimate of drug-likeness (QED) is 0.927. The number of nitrogens with zero attached hydrogens (tertiary/aromatic N) is 2. The molecule has 0 spiro atoms. The SMILES string of the molecule is COC1O[C@H](Cn2c(=O)n3c4c(cccc42)C(C)(C)CC3)C[C@H]1O. The first-order valence-corrected chi connectivity index (χ1v) is 8.51. The fourth-order valence-corrected chi connectivity index (χ4v) is 4.08. The van der Waals surface area contributed by atoms with Crippen LogP contribution in [0.2, 0.25) is 0 Å². The predicted molar refractivity (Wildman–Crippen MR) is 90.1 cm³/mol. The van der Waals surface area contributed by atoms with Crippen molar-refractivity contribution in [2.45, 2.75) is 63.7 Å². The zero-order valence-corrected chi connectivity index (χ0v) is 14.4. The van der Waals surface area contributed by atoms with Crippen molar-refractivity contribution in [3.8, 4) is 0 Å². The number of rotatable bonds is 3. The lowest BCUT2D eigenvalue weighted by Crippen LogP contribution is -2.32. The first-order chi connectivity index (χ1) is 11.4. The molecular weight excluding hydrogens is 308 g/mol. The molecular formula is C18H24N2O4. The van der Waals surface area contributed by atoms with E-state index in [9.17, 15) is 9.90 Å². The van der Waals surface area contributed by atoms with Crippen molar-refractivity contribution in [3.63, 3.8) is 0 Å². The third-order valence-corrected chi connectivity index (χ3v) is 5.49. The van der Waals surface area contributed by atoms with Crippen LogP contribution in [0.15, 0.2) is 23.0 Å². The Labute approximate surface area is 140 Å². The lowest BCUT2D eigenvalue weighted by molar-refractivity contribution is -0.149. The Bertz CT molecular complexity index is 835. The molecule has 0 radical (unpaired) electrons. The fourth-order valence-electron chi connectivity index (χ4n) is 4.08. The zero-order valence-electron chi connectivity index (χ0n) is 14.4. The van der Waals surface area contributed by atoms with E-state index in [1.54, 1.807) is 4.57 Å². The number of hydrogen-bond donors (Lipinski definition) is 1. The zero-order chi connectivity index (χ0) is 17.1. The highest BCUT2D eigenvalue weighted by Gasteiger charge is 2.36. The summed E-state index contributed by atoms with van der Waals surface area (Å²) in [6.07, 6.45) is -0.0476. The van der Waals surface area contributed by atoms with Gasteiger partial charge < -0.3 is 14.6 Å². The van der Waals surface area contributed by atoms with Crippen LogP contribution in [0.5, 0.6) is 0 Å². The molecule has 0 aliphatic carbocycles. The summed E-state index contributed by atoms with van der Waals surface area (Å²) in [6.45, 7) is 5.63. The number of methoxy groups -OCH3 is 1. The smallest absolute Gasteiger partial charge is 0.329 e. The van der Waals surface area contributed by atoms with Crippen LogP contribution in [0, 0.1) is 0 Å². The minimum atomic E-state index is -0.644. The van der Waals surface area contributed by atoms with Crippen molar-refractivity contribution < 1.29 is 14.6 Å².